The lowest BCUT2D eigenvalue weighted by Gasteiger charge is -2.20. The van der Waals surface area contributed by atoms with E-state index in [0.29, 0.717) is 0 Å². The first kappa shape index (κ1) is 17.2. The lowest BCUT2D eigenvalue weighted by molar-refractivity contribution is 0.563. The van der Waals surface area contributed by atoms with Crippen LogP contribution in [-0.4, -0.2) is 27.6 Å². The van der Waals surface area contributed by atoms with Crippen molar-refractivity contribution in [1.82, 2.24) is 19.9 Å². The van der Waals surface area contributed by atoms with Crippen molar-refractivity contribution < 1.29 is 0 Å². The van der Waals surface area contributed by atoms with Crippen molar-refractivity contribution in [1.29, 1.82) is 0 Å². The molecule has 3 rings (SSSR count). The van der Waals surface area contributed by atoms with E-state index in [9.17, 15) is 0 Å². The van der Waals surface area contributed by atoms with Crippen molar-refractivity contribution in [3.8, 4) is 0 Å². The zero-order valence-electron chi connectivity index (χ0n) is 14.8. The van der Waals surface area contributed by atoms with E-state index in [1.54, 1.807) is 0 Å². The summed E-state index contributed by atoms with van der Waals surface area (Å²) in [5.41, 5.74) is 4.49. The zero-order chi connectivity index (χ0) is 17.5. The van der Waals surface area contributed by atoms with Gasteiger partial charge < -0.3 is 15.2 Å². The van der Waals surface area contributed by atoms with Crippen molar-refractivity contribution in [2.75, 3.05) is 18.4 Å². The molecule has 0 saturated heterocycles. The van der Waals surface area contributed by atoms with Crippen molar-refractivity contribution in [2.45, 2.75) is 19.4 Å². The summed E-state index contributed by atoms with van der Waals surface area (Å²) >= 11 is 0. The number of benzene rings is 1. The maximum absolute atomic E-state index is 4.44. The minimum atomic E-state index is 0.0947. The van der Waals surface area contributed by atoms with Crippen LogP contribution in [0.4, 0.5) is 5.69 Å². The van der Waals surface area contributed by atoms with Crippen LogP contribution in [-0.2, 0) is 7.05 Å². The molecule has 1 aromatic carbocycles. The highest BCUT2D eigenvalue weighted by molar-refractivity contribution is 5.42. The average Bonchev–Trinajstić information content (AvgIpc) is 3.06. The van der Waals surface area contributed by atoms with E-state index in [1.165, 1.54) is 0 Å². The van der Waals surface area contributed by atoms with Gasteiger partial charge in [0.1, 0.15) is 0 Å². The Balaban J connectivity index is 1.59. The molecule has 25 heavy (non-hydrogen) atoms. The third kappa shape index (κ3) is 4.67. The number of aryl methyl sites for hydroxylation is 2. The Kier molecular flexibility index (Phi) is 5.80. The molecule has 1 atom stereocenters. The summed E-state index contributed by atoms with van der Waals surface area (Å²) < 4.78 is 2.06. The molecule has 0 fully saturated rings. The number of para-hydroxylation sites is 1. The number of hydrogen-bond donors (Lipinski definition) is 2. The first-order valence-electron chi connectivity index (χ1n) is 8.65. The molecule has 0 bridgehead atoms. The van der Waals surface area contributed by atoms with Gasteiger partial charge in [0.05, 0.1) is 24.3 Å². The van der Waals surface area contributed by atoms with Gasteiger partial charge >= 0.3 is 0 Å². The molecule has 5 heteroatoms. The number of imidazole rings is 1. The van der Waals surface area contributed by atoms with Gasteiger partial charge in [0, 0.05) is 31.2 Å². The quantitative estimate of drug-likeness (QED) is 0.620. The highest BCUT2D eigenvalue weighted by atomic mass is 15.1. The Hall–Kier alpha value is -2.66. The predicted molar refractivity (Wildman–Crippen MR) is 102 cm³/mol. The predicted octanol–water partition coefficient (Wildman–Crippen LogP) is 3.30. The van der Waals surface area contributed by atoms with Crippen LogP contribution in [0, 0.1) is 6.92 Å². The van der Waals surface area contributed by atoms with Crippen molar-refractivity contribution in [3.63, 3.8) is 0 Å². The van der Waals surface area contributed by atoms with Crippen molar-refractivity contribution >= 4 is 5.69 Å². The monoisotopic (exact) mass is 335 g/mol. The van der Waals surface area contributed by atoms with Crippen LogP contribution < -0.4 is 10.6 Å². The molecule has 1 unspecified atom stereocenters. The van der Waals surface area contributed by atoms with Gasteiger partial charge in [-0.1, -0.05) is 24.3 Å². The molecule has 0 radical (unpaired) electrons. The zero-order valence-corrected chi connectivity index (χ0v) is 14.8. The molecule has 2 N–H and O–H groups in total. The van der Waals surface area contributed by atoms with Gasteiger partial charge in [-0.2, -0.15) is 0 Å². The number of aromatic nitrogens is 3. The first-order chi connectivity index (χ1) is 12.2. The molecule has 0 spiro atoms. The molecule has 2 heterocycles. The van der Waals surface area contributed by atoms with Gasteiger partial charge in [-0.3, -0.25) is 4.98 Å². The summed E-state index contributed by atoms with van der Waals surface area (Å²) in [5.74, 6) is 0. The number of nitrogens with one attached hydrogen (secondary N) is 2. The Morgan fingerprint density at radius 1 is 1.04 bits per heavy atom. The summed E-state index contributed by atoms with van der Waals surface area (Å²) in [6, 6.07) is 14.6. The lowest BCUT2D eigenvalue weighted by atomic mass is 10.1. The van der Waals surface area contributed by atoms with Gasteiger partial charge in [0.2, 0.25) is 0 Å². The Morgan fingerprint density at radius 2 is 1.88 bits per heavy atom. The number of nitrogens with zero attached hydrogens (tertiary/aromatic N) is 3. The van der Waals surface area contributed by atoms with Crippen LogP contribution in [0.25, 0.3) is 0 Å². The summed E-state index contributed by atoms with van der Waals surface area (Å²) in [6.07, 6.45) is 6.73. The number of anilines is 1. The summed E-state index contributed by atoms with van der Waals surface area (Å²) in [5, 5.41) is 7.09. The fraction of sp³-hybridized carbons (Fsp3) is 0.300. The Bertz CT molecular complexity index is 764. The number of pyridine rings is 1. The third-order valence-corrected chi connectivity index (χ3v) is 4.22. The van der Waals surface area contributed by atoms with Crippen molar-refractivity contribution in [2.24, 2.45) is 7.05 Å². The SMILES string of the molecule is Cc1ccc(C(NCCCNc2ccccc2)c2cncn2C)cn1. The van der Waals surface area contributed by atoms with Gasteiger partial charge in [0.15, 0.2) is 0 Å². The van der Waals surface area contributed by atoms with Gasteiger partial charge in [-0.15, -0.1) is 0 Å². The molecule has 0 saturated carbocycles. The Labute approximate surface area is 149 Å². The van der Waals surface area contributed by atoms with E-state index < -0.39 is 0 Å². The minimum absolute atomic E-state index is 0.0947. The van der Waals surface area contributed by atoms with E-state index in [1.807, 2.05) is 50.9 Å². The van der Waals surface area contributed by atoms with Crippen LogP contribution >= 0.6 is 0 Å². The normalized spacial score (nSPS) is 12.1. The van der Waals surface area contributed by atoms with Gasteiger partial charge in [-0.25, -0.2) is 4.98 Å². The largest absolute Gasteiger partial charge is 0.385 e. The molecule has 2 aromatic heterocycles. The van der Waals surface area contributed by atoms with Gasteiger partial charge in [-0.05, 0) is 43.7 Å². The minimum Gasteiger partial charge on any atom is -0.385 e. The summed E-state index contributed by atoms with van der Waals surface area (Å²) in [7, 11) is 2.02. The average molecular weight is 335 g/mol. The van der Waals surface area contributed by atoms with E-state index >= 15 is 0 Å². The maximum atomic E-state index is 4.44. The molecular weight excluding hydrogens is 310 g/mol. The van der Waals surface area contributed by atoms with Crippen LogP contribution in [0.2, 0.25) is 0 Å². The van der Waals surface area contributed by atoms with E-state index in [-0.39, 0.29) is 6.04 Å². The van der Waals surface area contributed by atoms with Crippen LogP contribution in [0.1, 0.15) is 29.4 Å². The molecule has 0 aliphatic carbocycles. The molecule has 0 aliphatic heterocycles. The van der Waals surface area contributed by atoms with Crippen LogP contribution in [0.3, 0.4) is 0 Å². The second-order valence-corrected chi connectivity index (χ2v) is 6.20. The standard InChI is InChI=1S/C20H25N5/c1-16-9-10-17(13-24-16)20(19-14-21-15-25(19)2)23-12-6-11-22-18-7-4-3-5-8-18/h3-5,7-10,13-15,20,22-23H,6,11-12H2,1-2H3. The molecule has 130 valence electrons. The number of rotatable bonds is 8. The molecule has 5 nitrogen and oxygen atoms in total. The maximum Gasteiger partial charge on any atom is 0.0946 e. The van der Waals surface area contributed by atoms with Crippen molar-refractivity contribution in [3.05, 3.63) is 78.1 Å². The summed E-state index contributed by atoms with van der Waals surface area (Å²) in [6.45, 7) is 3.84. The number of hydrogen-bond acceptors (Lipinski definition) is 4. The smallest absolute Gasteiger partial charge is 0.0946 e. The Morgan fingerprint density at radius 3 is 2.56 bits per heavy atom. The second kappa shape index (κ2) is 8.44. The fourth-order valence-corrected chi connectivity index (χ4v) is 2.81. The van der Waals surface area contributed by atoms with Crippen LogP contribution in [0.15, 0.2) is 61.2 Å². The van der Waals surface area contributed by atoms with Crippen LogP contribution in [0.5, 0.6) is 0 Å². The molecule has 0 aliphatic rings. The van der Waals surface area contributed by atoms with E-state index in [2.05, 4.69) is 49.4 Å². The highest BCUT2D eigenvalue weighted by Gasteiger charge is 2.16. The van der Waals surface area contributed by atoms with Gasteiger partial charge in [0.25, 0.3) is 0 Å². The second-order valence-electron chi connectivity index (χ2n) is 6.20. The fourth-order valence-electron chi connectivity index (χ4n) is 2.81. The molecule has 0 amide bonds. The van der Waals surface area contributed by atoms with E-state index in [4.69, 9.17) is 0 Å². The highest BCUT2D eigenvalue weighted by Crippen LogP contribution is 2.21. The molecular formula is C20H25N5. The molecule has 3 aromatic rings. The topological polar surface area (TPSA) is 54.8 Å². The third-order valence-electron chi connectivity index (χ3n) is 4.22. The lowest BCUT2D eigenvalue weighted by Crippen LogP contribution is -2.26. The summed E-state index contributed by atoms with van der Waals surface area (Å²) in [4.78, 5) is 8.70. The first-order valence-corrected chi connectivity index (χ1v) is 8.65. The van der Waals surface area contributed by atoms with E-state index in [0.717, 1.165) is 42.1 Å².